The van der Waals surface area contributed by atoms with Gasteiger partial charge >= 0.3 is 0 Å². The second kappa shape index (κ2) is 7.51. The molecule has 1 heterocycles. The van der Waals surface area contributed by atoms with Gasteiger partial charge in [0, 0.05) is 24.1 Å². The van der Waals surface area contributed by atoms with Crippen LogP contribution in [0.4, 0.5) is 0 Å². The highest BCUT2D eigenvalue weighted by molar-refractivity contribution is 7.99. The molecule has 0 radical (unpaired) electrons. The quantitative estimate of drug-likeness (QED) is 0.805. The zero-order valence-electron chi connectivity index (χ0n) is 12.6. The lowest BCUT2D eigenvalue weighted by molar-refractivity contribution is 0.412. The number of thioether (sulfide) groups is 1. The van der Waals surface area contributed by atoms with Crippen LogP contribution in [-0.4, -0.2) is 44.4 Å². The number of rotatable bonds is 6. The minimum Gasteiger partial charge on any atom is -0.497 e. The van der Waals surface area contributed by atoms with Gasteiger partial charge in [-0.05, 0) is 24.1 Å². The maximum atomic E-state index is 12.3. The van der Waals surface area contributed by atoms with Crippen molar-refractivity contribution in [3.63, 3.8) is 0 Å². The van der Waals surface area contributed by atoms with Gasteiger partial charge in [0.25, 0.3) is 0 Å². The average molecular weight is 329 g/mol. The van der Waals surface area contributed by atoms with Gasteiger partial charge in [0.1, 0.15) is 5.75 Å². The molecule has 0 aromatic heterocycles. The van der Waals surface area contributed by atoms with Crippen molar-refractivity contribution in [3.05, 3.63) is 29.8 Å². The first kappa shape index (κ1) is 16.6. The summed E-state index contributed by atoms with van der Waals surface area (Å²) in [6.45, 7) is 3.22. The highest BCUT2D eigenvalue weighted by Gasteiger charge is 2.29. The van der Waals surface area contributed by atoms with Crippen molar-refractivity contribution in [1.82, 2.24) is 4.31 Å². The lowest BCUT2D eigenvalue weighted by Crippen LogP contribution is -2.40. The SMILES string of the molecule is CCCCS(=O)(=O)N1CCSC(c2ccc(OC)cc2)C1. The summed E-state index contributed by atoms with van der Waals surface area (Å²) in [7, 11) is -1.46. The molecule has 1 fully saturated rings. The lowest BCUT2D eigenvalue weighted by Gasteiger charge is -2.31. The van der Waals surface area contributed by atoms with E-state index >= 15 is 0 Å². The smallest absolute Gasteiger partial charge is 0.214 e. The van der Waals surface area contributed by atoms with Gasteiger partial charge in [-0.25, -0.2) is 8.42 Å². The molecule has 1 unspecified atom stereocenters. The number of nitrogens with zero attached hydrogens (tertiary/aromatic N) is 1. The van der Waals surface area contributed by atoms with Crippen molar-refractivity contribution < 1.29 is 13.2 Å². The number of ether oxygens (including phenoxy) is 1. The molecule has 1 aliphatic rings. The molecule has 1 saturated heterocycles. The summed E-state index contributed by atoms with van der Waals surface area (Å²) in [6.07, 6.45) is 1.64. The second-order valence-electron chi connectivity index (χ2n) is 5.16. The molecule has 0 spiro atoms. The fourth-order valence-corrected chi connectivity index (χ4v) is 5.47. The van der Waals surface area contributed by atoms with Crippen LogP contribution in [0.2, 0.25) is 0 Å². The van der Waals surface area contributed by atoms with Gasteiger partial charge in [-0.1, -0.05) is 25.5 Å². The predicted molar refractivity (Wildman–Crippen MR) is 88.5 cm³/mol. The van der Waals surface area contributed by atoms with Gasteiger partial charge in [0.05, 0.1) is 12.9 Å². The molecule has 0 bridgehead atoms. The Bertz CT molecular complexity index is 543. The first-order valence-corrected chi connectivity index (χ1v) is 9.96. The van der Waals surface area contributed by atoms with E-state index in [1.54, 1.807) is 11.4 Å². The first-order valence-electron chi connectivity index (χ1n) is 7.30. The van der Waals surface area contributed by atoms with Crippen molar-refractivity contribution in [2.45, 2.75) is 25.0 Å². The van der Waals surface area contributed by atoms with Crippen molar-refractivity contribution in [2.75, 3.05) is 31.7 Å². The number of hydrogen-bond donors (Lipinski definition) is 0. The van der Waals surface area contributed by atoms with E-state index in [9.17, 15) is 8.42 Å². The number of methoxy groups -OCH3 is 1. The molecule has 1 aromatic carbocycles. The predicted octanol–water partition coefficient (Wildman–Crippen LogP) is 2.92. The number of hydrogen-bond acceptors (Lipinski definition) is 4. The summed E-state index contributed by atoms with van der Waals surface area (Å²) >= 11 is 1.83. The number of benzene rings is 1. The standard InChI is InChI=1S/C15H23NO3S2/c1-3-4-11-21(17,18)16-9-10-20-15(12-16)13-5-7-14(19-2)8-6-13/h5-8,15H,3-4,9-12H2,1-2H3. The molecule has 0 saturated carbocycles. The van der Waals surface area contributed by atoms with Gasteiger partial charge in [0.15, 0.2) is 0 Å². The van der Waals surface area contributed by atoms with Crippen molar-refractivity contribution in [1.29, 1.82) is 0 Å². The molecule has 0 aliphatic carbocycles. The lowest BCUT2D eigenvalue weighted by atomic mass is 10.1. The highest BCUT2D eigenvalue weighted by atomic mass is 32.2. The third-order valence-corrected chi connectivity index (χ3v) is 6.83. The Balaban J connectivity index is 2.06. The molecule has 1 atom stereocenters. The zero-order valence-corrected chi connectivity index (χ0v) is 14.3. The van der Waals surface area contributed by atoms with E-state index in [4.69, 9.17) is 4.74 Å². The minimum absolute atomic E-state index is 0.209. The van der Waals surface area contributed by atoms with Gasteiger partial charge in [-0.3, -0.25) is 0 Å². The van der Waals surface area contributed by atoms with Crippen LogP contribution in [0.5, 0.6) is 5.75 Å². The molecule has 0 amide bonds. The maximum Gasteiger partial charge on any atom is 0.214 e. The molecule has 1 aromatic rings. The summed E-state index contributed by atoms with van der Waals surface area (Å²) in [5.41, 5.74) is 1.16. The van der Waals surface area contributed by atoms with Crippen molar-refractivity contribution in [2.24, 2.45) is 0 Å². The van der Waals surface area contributed by atoms with Crippen LogP contribution in [0.1, 0.15) is 30.6 Å². The fraction of sp³-hybridized carbons (Fsp3) is 0.600. The van der Waals surface area contributed by atoms with E-state index in [-0.39, 0.29) is 11.0 Å². The van der Waals surface area contributed by atoms with E-state index in [1.165, 1.54) is 0 Å². The van der Waals surface area contributed by atoms with Crippen LogP contribution in [0, 0.1) is 0 Å². The Kier molecular flexibility index (Phi) is 5.96. The van der Waals surface area contributed by atoms with Crippen molar-refractivity contribution in [3.8, 4) is 5.75 Å². The van der Waals surface area contributed by atoms with Gasteiger partial charge in [-0.2, -0.15) is 16.1 Å². The number of unbranched alkanes of at least 4 members (excludes halogenated alkanes) is 1. The van der Waals surface area contributed by atoms with Crippen LogP contribution in [0.3, 0.4) is 0 Å². The van der Waals surface area contributed by atoms with Gasteiger partial charge in [0.2, 0.25) is 10.0 Å². The average Bonchev–Trinajstić information content (AvgIpc) is 2.53. The maximum absolute atomic E-state index is 12.3. The molecular formula is C15H23NO3S2. The summed E-state index contributed by atoms with van der Waals surface area (Å²) in [6, 6.07) is 7.91. The van der Waals surface area contributed by atoms with E-state index in [1.807, 2.05) is 43.0 Å². The Morgan fingerprint density at radius 2 is 2.05 bits per heavy atom. The monoisotopic (exact) mass is 329 g/mol. The minimum atomic E-state index is -3.10. The summed E-state index contributed by atoms with van der Waals surface area (Å²) in [4.78, 5) is 0. The molecule has 0 N–H and O–H groups in total. The van der Waals surface area contributed by atoms with E-state index in [2.05, 4.69) is 0 Å². The first-order chi connectivity index (χ1) is 10.1. The Hall–Kier alpha value is -0.720. The summed E-state index contributed by atoms with van der Waals surface area (Å²) in [5.74, 6) is 1.94. The van der Waals surface area contributed by atoms with Crippen LogP contribution >= 0.6 is 11.8 Å². The van der Waals surface area contributed by atoms with E-state index < -0.39 is 10.0 Å². The van der Waals surface area contributed by atoms with Crippen LogP contribution in [0.15, 0.2) is 24.3 Å². The summed E-state index contributed by atoms with van der Waals surface area (Å²) < 4.78 is 31.5. The van der Waals surface area contributed by atoms with E-state index in [0.29, 0.717) is 13.1 Å². The largest absolute Gasteiger partial charge is 0.497 e. The van der Waals surface area contributed by atoms with Gasteiger partial charge < -0.3 is 4.74 Å². The molecule has 2 rings (SSSR count). The topological polar surface area (TPSA) is 46.6 Å². The van der Waals surface area contributed by atoms with Crippen molar-refractivity contribution >= 4 is 21.8 Å². The highest BCUT2D eigenvalue weighted by Crippen LogP contribution is 2.34. The molecule has 4 nitrogen and oxygen atoms in total. The number of sulfonamides is 1. The summed E-state index contributed by atoms with van der Waals surface area (Å²) in [5, 5.41) is 0.209. The molecular weight excluding hydrogens is 306 g/mol. The second-order valence-corrected chi connectivity index (χ2v) is 8.56. The molecule has 1 aliphatic heterocycles. The van der Waals surface area contributed by atoms with E-state index in [0.717, 1.165) is 29.9 Å². The Morgan fingerprint density at radius 3 is 2.67 bits per heavy atom. The zero-order chi connectivity index (χ0) is 15.3. The third kappa shape index (κ3) is 4.37. The van der Waals surface area contributed by atoms with Crippen LogP contribution < -0.4 is 4.74 Å². The Morgan fingerprint density at radius 1 is 1.33 bits per heavy atom. The van der Waals surface area contributed by atoms with Gasteiger partial charge in [-0.15, -0.1) is 0 Å². The molecule has 21 heavy (non-hydrogen) atoms. The third-order valence-electron chi connectivity index (χ3n) is 3.67. The fourth-order valence-electron chi connectivity index (χ4n) is 2.35. The normalized spacial score (nSPS) is 20.4. The van der Waals surface area contributed by atoms with Crippen LogP contribution in [0.25, 0.3) is 0 Å². The Labute approximate surface area is 131 Å². The van der Waals surface area contributed by atoms with Crippen LogP contribution in [-0.2, 0) is 10.0 Å². The molecule has 6 heteroatoms. The molecule has 118 valence electrons.